The monoisotopic (exact) mass is 320 g/mol. The van der Waals surface area contributed by atoms with Crippen LogP contribution >= 0.6 is 11.8 Å². The van der Waals surface area contributed by atoms with E-state index in [1.54, 1.807) is 13.2 Å². The van der Waals surface area contributed by atoms with E-state index in [1.807, 2.05) is 0 Å². The Morgan fingerprint density at radius 3 is 2.59 bits per heavy atom. The molecular formula is C15H13FN2O3S. The van der Waals surface area contributed by atoms with Gasteiger partial charge in [0.15, 0.2) is 0 Å². The van der Waals surface area contributed by atoms with E-state index in [2.05, 4.69) is 5.32 Å². The fraction of sp³-hybridized carbons (Fsp3) is 0.133. The zero-order chi connectivity index (χ0) is 16.3. The van der Waals surface area contributed by atoms with Gasteiger partial charge in [0, 0.05) is 17.3 Å². The smallest absolute Gasteiger partial charge is 0.283 e. The Hall–Kier alpha value is -2.41. The van der Waals surface area contributed by atoms with Gasteiger partial charge >= 0.3 is 0 Å². The molecule has 0 heterocycles. The summed E-state index contributed by atoms with van der Waals surface area (Å²) in [7, 11) is 0. The highest BCUT2D eigenvalue weighted by Crippen LogP contribution is 2.28. The molecule has 0 saturated carbocycles. The first-order chi connectivity index (χ1) is 10.4. The SMILES string of the molecule is CSc1ccc(C(=O)Nc2ccc(F)cc2C)cc1[N+](=O)[O-]. The van der Waals surface area contributed by atoms with Crippen molar-refractivity contribution >= 4 is 29.0 Å². The molecule has 1 amide bonds. The van der Waals surface area contributed by atoms with E-state index >= 15 is 0 Å². The number of carbonyl (C=O) groups excluding carboxylic acids is 1. The fourth-order valence-electron chi connectivity index (χ4n) is 1.94. The Bertz CT molecular complexity index is 750. The van der Waals surface area contributed by atoms with Gasteiger partial charge in [-0.15, -0.1) is 11.8 Å². The van der Waals surface area contributed by atoms with Crippen molar-refractivity contribution in [1.29, 1.82) is 0 Å². The normalized spacial score (nSPS) is 10.3. The molecule has 2 aromatic rings. The summed E-state index contributed by atoms with van der Waals surface area (Å²) in [4.78, 5) is 23.2. The second kappa shape index (κ2) is 6.57. The molecule has 7 heteroatoms. The zero-order valence-electron chi connectivity index (χ0n) is 11.9. The fourth-order valence-corrected chi connectivity index (χ4v) is 2.48. The van der Waals surface area contributed by atoms with Crippen LogP contribution in [0, 0.1) is 22.9 Å². The lowest BCUT2D eigenvalue weighted by atomic mass is 10.1. The first-order valence-corrected chi connectivity index (χ1v) is 7.55. The second-order valence-electron chi connectivity index (χ2n) is 4.56. The van der Waals surface area contributed by atoms with Gasteiger partial charge in [0.2, 0.25) is 0 Å². The van der Waals surface area contributed by atoms with Crippen molar-refractivity contribution in [3.05, 3.63) is 63.5 Å². The lowest BCUT2D eigenvalue weighted by Crippen LogP contribution is -2.13. The Morgan fingerprint density at radius 2 is 2.00 bits per heavy atom. The van der Waals surface area contributed by atoms with Crippen molar-refractivity contribution < 1.29 is 14.1 Å². The van der Waals surface area contributed by atoms with Crippen molar-refractivity contribution in [1.82, 2.24) is 0 Å². The maximum absolute atomic E-state index is 13.0. The molecule has 0 spiro atoms. The third-order valence-corrected chi connectivity index (χ3v) is 3.86. The Kier molecular flexibility index (Phi) is 4.77. The quantitative estimate of drug-likeness (QED) is 0.525. The third-order valence-electron chi connectivity index (χ3n) is 3.07. The van der Waals surface area contributed by atoms with Crippen LogP contribution in [0.3, 0.4) is 0 Å². The number of carbonyl (C=O) groups is 1. The standard InChI is InChI=1S/C15H13FN2O3S/c1-9-7-11(16)4-5-12(9)17-15(19)10-3-6-14(22-2)13(8-10)18(20)21/h3-8H,1-2H3,(H,17,19). The number of nitro benzene ring substituents is 1. The molecule has 0 fully saturated rings. The maximum atomic E-state index is 13.0. The van der Waals surface area contributed by atoms with Crippen LogP contribution in [0.15, 0.2) is 41.3 Å². The van der Waals surface area contributed by atoms with Gasteiger partial charge in [-0.3, -0.25) is 14.9 Å². The number of hydrogen-bond acceptors (Lipinski definition) is 4. The molecule has 0 aliphatic rings. The van der Waals surface area contributed by atoms with Crippen molar-refractivity contribution in [2.45, 2.75) is 11.8 Å². The van der Waals surface area contributed by atoms with E-state index in [4.69, 9.17) is 0 Å². The van der Waals surface area contributed by atoms with Crippen LogP contribution in [-0.2, 0) is 0 Å². The summed E-state index contributed by atoms with van der Waals surface area (Å²) in [5.74, 6) is -0.874. The van der Waals surface area contributed by atoms with Crippen molar-refractivity contribution in [2.75, 3.05) is 11.6 Å². The molecule has 0 unspecified atom stereocenters. The summed E-state index contributed by atoms with van der Waals surface area (Å²) in [5.41, 5.74) is 1.09. The van der Waals surface area contributed by atoms with Crippen molar-refractivity contribution in [3.8, 4) is 0 Å². The molecule has 0 aliphatic heterocycles. The van der Waals surface area contributed by atoms with Gasteiger partial charge in [0.1, 0.15) is 5.82 Å². The second-order valence-corrected chi connectivity index (χ2v) is 5.41. The van der Waals surface area contributed by atoms with Crippen LogP contribution < -0.4 is 5.32 Å². The molecule has 114 valence electrons. The number of halogens is 1. The Labute approximate surface area is 130 Å². The van der Waals surface area contributed by atoms with Crippen LogP contribution in [-0.4, -0.2) is 17.1 Å². The minimum atomic E-state index is -0.522. The average molecular weight is 320 g/mol. The first-order valence-electron chi connectivity index (χ1n) is 6.32. The van der Waals surface area contributed by atoms with Gasteiger partial charge in [-0.05, 0) is 49.1 Å². The molecule has 2 aromatic carbocycles. The predicted octanol–water partition coefficient (Wildman–Crippen LogP) is 4.02. The van der Waals surface area contributed by atoms with Crippen molar-refractivity contribution in [2.24, 2.45) is 0 Å². The first kappa shape index (κ1) is 16.0. The van der Waals surface area contributed by atoms with E-state index in [9.17, 15) is 19.3 Å². The van der Waals surface area contributed by atoms with E-state index in [0.717, 1.165) is 0 Å². The number of hydrogen-bond donors (Lipinski definition) is 1. The van der Waals surface area contributed by atoms with Crippen LogP contribution in [0.4, 0.5) is 15.8 Å². The number of nitrogens with zero attached hydrogens (tertiary/aromatic N) is 1. The molecule has 22 heavy (non-hydrogen) atoms. The largest absolute Gasteiger partial charge is 0.322 e. The highest BCUT2D eigenvalue weighted by Gasteiger charge is 2.17. The van der Waals surface area contributed by atoms with E-state index in [0.29, 0.717) is 16.1 Å². The summed E-state index contributed by atoms with van der Waals surface area (Å²) in [6.45, 7) is 1.66. The lowest BCUT2D eigenvalue weighted by Gasteiger charge is -2.09. The van der Waals surface area contributed by atoms with Gasteiger partial charge in [-0.25, -0.2) is 4.39 Å². The Morgan fingerprint density at radius 1 is 1.27 bits per heavy atom. The van der Waals surface area contributed by atoms with Crippen molar-refractivity contribution in [3.63, 3.8) is 0 Å². The molecule has 0 saturated heterocycles. The summed E-state index contributed by atoms with van der Waals surface area (Å²) in [5, 5.41) is 13.6. The number of thioether (sulfide) groups is 1. The summed E-state index contributed by atoms with van der Waals surface area (Å²) in [6, 6.07) is 8.28. The van der Waals surface area contributed by atoms with E-state index < -0.39 is 16.6 Å². The van der Waals surface area contributed by atoms with Gasteiger partial charge in [-0.2, -0.15) is 0 Å². The van der Waals surface area contributed by atoms with Gasteiger partial charge in [-0.1, -0.05) is 0 Å². The van der Waals surface area contributed by atoms with Gasteiger partial charge in [0.05, 0.1) is 9.82 Å². The summed E-state index contributed by atoms with van der Waals surface area (Å²) < 4.78 is 13.0. The van der Waals surface area contributed by atoms with Crippen LogP contribution in [0.2, 0.25) is 0 Å². The highest BCUT2D eigenvalue weighted by atomic mass is 32.2. The molecule has 2 rings (SSSR count). The summed E-state index contributed by atoms with van der Waals surface area (Å²) >= 11 is 1.24. The minimum absolute atomic E-state index is 0.115. The molecule has 0 bridgehead atoms. The number of amides is 1. The third kappa shape index (κ3) is 3.43. The van der Waals surface area contributed by atoms with Crippen LogP contribution in [0.1, 0.15) is 15.9 Å². The average Bonchev–Trinajstić information content (AvgIpc) is 2.49. The Balaban J connectivity index is 2.30. The predicted molar refractivity (Wildman–Crippen MR) is 84.0 cm³/mol. The molecule has 0 radical (unpaired) electrons. The van der Waals surface area contributed by atoms with Crippen LogP contribution in [0.5, 0.6) is 0 Å². The number of anilines is 1. The molecule has 5 nitrogen and oxygen atoms in total. The number of benzene rings is 2. The molecule has 0 aliphatic carbocycles. The maximum Gasteiger partial charge on any atom is 0.283 e. The van der Waals surface area contributed by atoms with Crippen LogP contribution in [0.25, 0.3) is 0 Å². The van der Waals surface area contributed by atoms with Gasteiger partial charge in [0.25, 0.3) is 11.6 Å². The topological polar surface area (TPSA) is 72.2 Å². The molecule has 1 N–H and O–H groups in total. The van der Waals surface area contributed by atoms with Gasteiger partial charge < -0.3 is 5.32 Å². The summed E-state index contributed by atoms with van der Waals surface area (Å²) in [6.07, 6.45) is 1.73. The minimum Gasteiger partial charge on any atom is -0.322 e. The van der Waals surface area contributed by atoms with E-state index in [1.165, 1.54) is 48.2 Å². The highest BCUT2D eigenvalue weighted by molar-refractivity contribution is 7.98. The molecular weight excluding hydrogens is 307 g/mol. The zero-order valence-corrected chi connectivity index (χ0v) is 12.7. The lowest BCUT2D eigenvalue weighted by molar-refractivity contribution is -0.387. The number of nitro groups is 1. The van der Waals surface area contributed by atoms with E-state index in [-0.39, 0.29) is 11.3 Å². The number of nitrogens with one attached hydrogen (secondary N) is 1. The molecule has 0 aromatic heterocycles. The number of aryl methyl sites for hydroxylation is 1. The number of rotatable bonds is 4. The molecule has 0 atom stereocenters.